The number of nitriles is 1. The summed E-state index contributed by atoms with van der Waals surface area (Å²) < 4.78 is 0. The van der Waals surface area contributed by atoms with E-state index in [1.807, 2.05) is 6.07 Å². The van der Waals surface area contributed by atoms with Gasteiger partial charge >= 0.3 is 0 Å². The van der Waals surface area contributed by atoms with Crippen molar-refractivity contribution in [3.8, 4) is 6.07 Å². The Morgan fingerprint density at radius 2 is 2.16 bits per heavy atom. The van der Waals surface area contributed by atoms with E-state index in [4.69, 9.17) is 10.4 Å². The highest BCUT2D eigenvalue weighted by Gasteiger charge is 2.17. The predicted molar refractivity (Wildman–Crippen MR) is 72.0 cm³/mol. The Labute approximate surface area is 112 Å². The first-order valence-corrected chi connectivity index (χ1v) is 6.10. The smallest absolute Gasteiger partial charge is 0.293 e. The first-order valence-electron chi connectivity index (χ1n) is 6.10. The van der Waals surface area contributed by atoms with E-state index in [2.05, 4.69) is 0 Å². The molecule has 0 heterocycles. The van der Waals surface area contributed by atoms with Crippen LogP contribution in [0.3, 0.4) is 0 Å². The van der Waals surface area contributed by atoms with Crippen LogP contribution >= 0.6 is 0 Å². The summed E-state index contributed by atoms with van der Waals surface area (Å²) in [5, 5.41) is 28.5. The van der Waals surface area contributed by atoms with Crippen LogP contribution in [0.25, 0.3) is 0 Å². The molecule has 1 N–H and O–H groups in total. The maximum absolute atomic E-state index is 11.0. The summed E-state index contributed by atoms with van der Waals surface area (Å²) >= 11 is 0. The number of benzene rings is 1. The topological polar surface area (TPSA) is 90.4 Å². The number of unbranched alkanes of at least 4 members (excludes halogenated alkanes) is 2. The Bertz CT molecular complexity index is 483. The van der Waals surface area contributed by atoms with Gasteiger partial charge in [-0.1, -0.05) is 0 Å². The standard InChI is InChI=1S/C13H17N3O3/c1-15(7-3-2-4-8-17)12-6-5-11(10-14)9-13(12)16(18)19/h5-6,9,17H,2-4,7-8H2,1H3. The summed E-state index contributed by atoms with van der Waals surface area (Å²) in [6, 6.07) is 6.36. The maximum atomic E-state index is 11.0. The Morgan fingerprint density at radius 1 is 1.42 bits per heavy atom. The molecule has 0 aliphatic carbocycles. The lowest BCUT2D eigenvalue weighted by molar-refractivity contribution is -0.384. The van der Waals surface area contributed by atoms with Crippen LogP contribution in [-0.4, -0.2) is 30.2 Å². The molecule has 0 aliphatic heterocycles. The lowest BCUT2D eigenvalue weighted by Gasteiger charge is -2.19. The number of hydrogen-bond donors (Lipinski definition) is 1. The van der Waals surface area contributed by atoms with Gasteiger partial charge in [0, 0.05) is 26.3 Å². The SMILES string of the molecule is CN(CCCCCO)c1ccc(C#N)cc1[N+](=O)[O-]. The van der Waals surface area contributed by atoms with Gasteiger partial charge in [-0.05, 0) is 31.4 Å². The van der Waals surface area contributed by atoms with Gasteiger partial charge in [0.15, 0.2) is 0 Å². The summed E-state index contributed by atoms with van der Waals surface area (Å²) in [6.45, 7) is 0.841. The van der Waals surface area contributed by atoms with Gasteiger partial charge in [-0.2, -0.15) is 5.26 Å². The zero-order chi connectivity index (χ0) is 14.3. The summed E-state index contributed by atoms with van der Waals surface area (Å²) in [5.74, 6) is 0. The predicted octanol–water partition coefficient (Wildman–Crippen LogP) is 2.07. The van der Waals surface area contributed by atoms with E-state index in [1.54, 1.807) is 24.1 Å². The molecule has 6 nitrogen and oxygen atoms in total. The number of nitro benzene ring substituents is 1. The summed E-state index contributed by atoms with van der Waals surface area (Å²) in [4.78, 5) is 12.3. The lowest BCUT2D eigenvalue weighted by Crippen LogP contribution is -2.19. The van der Waals surface area contributed by atoms with E-state index in [1.165, 1.54) is 6.07 Å². The van der Waals surface area contributed by atoms with Crippen LogP contribution in [0.1, 0.15) is 24.8 Å². The number of anilines is 1. The zero-order valence-corrected chi connectivity index (χ0v) is 10.9. The highest BCUT2D eigenvalue weighted by Crippen LogP contribution is 2.28. The van der Waals surface area contributed by atoms with Gasteiger partial charge in [0.05, 0.1) is 16.6 Å². The highest BCUT2D eigenvalue weighted by atomic mass is 16.6. The van der Waals surface area contributed by atoms with Crippen LogP contribution in [0.4, 0.5) is 11.4 Å². The van der Waals surface area contributed by atoms with Crippen LogP contribution in [0.5, 0.6) is 0 Å². The third-order valence-electron chi connectivity index (χ3n) is 2.86. The molecule has 6 heteroatoms. The largest absolute Gasteiger partial charge is 0.396 e. The van der Waals surface area contributed by atoms with E-state index in [9.17, 15) is 10.1 Å². The van der Waals surface area contributed by atoms with Gasteiger partial charge in [0.1, 0.15) is 5.69 Å². The minimum atomic E-state index is -0.472. The average Bonchev–Trinajstić information content (AvgIpc) is 2.42. The lowest BCUT2D eigenvalue weighted by atomic mass is 10.1. The first-order chi connectivity index (χ1) is 9.10. The molecule has 102 valence electrons. The first kappa shape index (κ1) is 14.9. The molecule has 0 aliphatic rings. The third kappa shape index (κ3) is 4.23. The van der Waals surface area contributed by atoms with Crippen LogP contribution in [0.2, 0.25) is 0 Å². The molecule has 0 unspecified atom stereocenters. The van der Waals surface area contributed by atoms with Crippen molar-refractivity contribution in [2.75, 3.05) is 25.1 Å². The molecule has 0 bridgehead atoms. The van der Waals surface area contributed by atoms with Gasteiger partial charge in [-0.25, -0.2) is 0 Å². The summed E-state index contributed by atoms with van der Waals surface area (Å²) in [7, 11) is 1.79. The second kappa shape index (κ2) is 7.34. The van der Waals surface area contributed by atoms with Gasteiger partial charge < -0.3 is 10.0 Å². The number of aliphatic hydroxyl groups is 1. The van der Waals surface area contributed by atoms with Crippen LogP contribution < -0.4 is 4.90 Å². The number of hydrogen-bond acceptors (Lipinski definition) is 5. The molecular weight excluding hydrogens is 246 g/mol. The molecule has 1 aromatic carbocycles. The van der Waals surface area contributed by atoms with Crippen molar-refractivity contribution in [2.45, 2.75) is 19.3 Å². The molecule has 0 atom stereocenters. The van der Waals surface area contributed by atoms with Gasteiger partial charge in [0.25, 0.3) is 5.69 Å². The molecule has 0 spiro atoms. The maximum Gasteiger partial charge on any atom is 0.293 e. The summed E-state index contributed by atoms with van der Waals surface area (Å²) in [5.41, 5.74) is 0.737. The van der Waals surface area contributed by atoms with Crippen molar-refractivity contribution in [3.05, 3.63) is 33.9 Å². The van der Waals surface area contributed by atoms with Crippen molar-refractivity contribution in [2.24, 2.45) is 0 Å². The van der Waals surface area contributed by atoms with Crippen molar-refractivity contribution in [1.82, 2.24) is 0 Å². The molecule has 0 aromatic heterocycles. The number of nitrogens with zero attached hydrogens (tertiary/aromatic N) is 3. The fraction of sp³-hybridized carbons (Fsp3) is 0.462. The summed E-state index contributed by atoms with van der Waals surface area (Å²) in [6.07, 6.45) is 2.47. The normalized spacial score (nSPS) is 9.95. The fourth-order valence-corrected chi connectivity index (χ4v) is 1.82. The van der Waals surface area contributed by atoms with Crippen molar-refractivity contribution < 1.29 is 10.0 Å². The number of nitro groups is 1. The minimum Gasteiger partial charge on any atom is -0.396 e. The molecule has 0 fully saturated rings. The van der Waals surface area contributed by atoms with Gasteiger partial charge in [-0.15, -0.1) is 0 Å². The number of aliphatic hydroxyl groups excluding tert-OH is 1. The second-order valence-electron chi connectivity index (χ2n) is 4.28. The fourth-order valence-electron chi connectivity index (χ4n) is 1.82. The van der Waals surface area contributed by atoms with Crippen LogP contribution in [-0.2, 0) is 0 Å². The number of rotatable bonds is 7. The minimum absolute atomic E-state index is 0.0521. The van der Waals surface area contributed by atoms with E-state index in [0.29, 0.717) is 12.2 Å². The molecule has 0 saturated heterocycles. The molecule has 0 radical (unpaired) electrons. The Morgan fingerprint density at radius 3 is 2.74 bits per heavy atom. The molecular formula is C13H17N3O3. The molecule has 0 amide bonds. The van der Waals surface area contributed by atoms with Crippen LogP contribution in [0.15, 0.2) is 18.2 Å². The monoisotopic (exact) mass is 263 g/mol. The van der Waals surface area contributed by atoms with Gasteiger partial charge in [-0.3, -0.25) is 10.1 Å². The van der Waals surface area contributed by atoms with Gasteiger partial charge in [0.2, 0.25) is 0 Å². The average molecular weight is 263 g/mol. The zero-order valence-electron chi connectivity index (χ0n) is 10.9. The van der Waals surface area contributed by atoms with Crippen molar-refractivity contribution >= 4 is 11.4 Å². The van der Waals surface area contributed by atoms with E-state index in [-0.39, 0.29) is 17.9 Å². The molecule has 19 heavy (non-hydrogen) atoms. The van der Waals surface area contributed by atoms with E-state index < -0.39 is 4.92 Å². The van der Waals surface area contributed by atoms with Crippen molar-refractivity contribution in [1.29, 1.82) is 5.26 Å². The third-order valence-corrected chi connectivity index (χ3v) is 2.86. The quantitative estimate of drug-likeness (QED) is 0.462. The Balaban J connectivity index is 2.81. The molecule has 1 rings (SSSR count). The van der Waals surface area contributed by atoms with Crippen molar-refractivity contribution in [3.63, 3.8) is 0 Å². The highest BCUT2D eigenvalue weighted by molar-refractivity contribution is 5.65. The Kier molecular flexibility index (Phi) is 5.76. The Hall–Kier alpha value is -2.13. The van der Waals surface area contributed by atoms with E-state index >= 15 is 0 Å². The van der Waals surface area contributed by atoms with Crippen LogP contribution in [0, 0.1) is 21.4 Å². The van der Waals surface area contributed by atoms with E-state index in [0.717, 1.165) is 19.3 Å². The second-order valence-corrected chi connectivity index (χ2v) is 4.28. The molecule has 1 aromatic rings. The molecule has 0 saturated carbocycles.